The first kappa shape index (κ1) is 16.9. The van der Waals surface area contributed by atoms with E-state index >= 15 is 0 Å². The molecule has 1 aromatic carbocycles. The van der Waals surface area contributed by atoms with Gasteiger partial charge in [0, 0.05) is 36.8 Å². The van der Waals surface area contributed by atoms with Crippen molar-refractivity contribution >= 4 is 17.5 Å². The lowest BCUT2D eigenvalue weighted by Crippen LogP contribution is -2.53. The molecule has 1 aromatic rings. The van der Waals surface area contributed by atoms with Gasteiger partial charge >= 0.3 is 0 Å². The molecule has 2 fully saturated rings. The number of primary amides is 1. The molecule has 6 nitrogen and oxygen atoms in total. The number of morpholine rings is 1. The van der Waals surface area contributed by atoms with Gasteiger partial charge in [0.25, 0.3) is 0 Å². The van der Waals surface area contributed by atoms with Gasteiger partial charge in [-0.1, -0.05) is 12.8 Å². The van der Waals surface area contributed by atoms with Crippen molar-refractivity contribution in [3.8, 4) is 0 Å². The van der Waals surface area contributed by atoms with Gasteiger partial charge in [-0.15, -0.1) is 0 Å². The number of nitrogens with two attached hydrogens (primary N) is 1. The highest BCUT2D eigenvalue weighted by Crippen LogP contribution is 2.28. The van der Waals surface area contributed by atoms with E-state index in [0.717, 1.165) is 26.1 Å². The van der Waals surface area contributed by atoms with Gasteiger partial charge in [0.2, 0.25) is 11.8 Å². The highest BCUT2D eigenvalue weighted by atomic mass is 16.5. The average Bonchev–Trinajstić information content (AvgIpc) is 2.60. The zero-order chi connectivity index (χ0) is 16.9. The van der Waals surface area contributed by atoms with Crippen molar-refractivity contribution in [2.24, 2.45) is 5.73 Å². The van der Waals surface area contributed by atoms with Crippen LogP contribution >= 0.6 is 0 Å². The zero-order valence-corrected chi connectivity index (χ0v) is 13.9. The summed E-state index contributed by atoms with van der Waals surface area (Å²) in [6.45, 7) is 2.43. The Hall–Kier alpha value is -1.92. The number of nitrogens with zero attached hydrogens (tertiary/aromatic N) is 1. The monoisotopic (exact) mass is 331 g/mol. The van der Waals surface area contributed by atoms with Crippen LogP contribution in [0.5, 0.6) is 0 Å². The SMILES string of the molecule is NC(=O)c1ccc(NC(=O)CCN2CCO[C@H]3CCCC[C@H]32)cc1. The summed E-state index contributed by atoms with van der Waals surface area (Å²) in [6, 6.07) is 7.10. The Morgan fingerprint density at radius 3 is 2.71 bits per heavy atom. The average molecular weight is 331 g/mol. The zero-order valence-electron chi connectivity index (χ0n) is 13.9. The molecule has 1 heterocycles. The standard InChI is InChI=1S/C18H25N3O3/c19-18(23)13-5-7-14(8-6-13)20-17(22)9-10-21-11-12-24-16-4-2-1-3-15(16)21/h5-8,15-16H,1-4,9-12H2,(H2,19,23)(H,20,22)/t15-,16+/m1/s1. The molecule has 1 aliphatic carbocycles. The lowest BCUT2D eigenvalue weighted by Gasteiger charge is -2.43. The number of fused-ring (bicyclic) bond motifs is 1. The molecule has 6 heteroatoms. The van der Waals surface area contributed by atoms with Crippen LogP contribution in [0.3, 0.4) is 0 Å². The van der Waals surface area contributed by atoms with Gasteiger partial charge in [-0.05, 0) is 37.1 Å². The van der Waals surface area contributed by atoms with E-state index in [1.165, 1.54) is 19.3 Å². The van der Waals surface area contributed by atoms with E-state index in [1.54, 1.807) is 24.3 Å². The molecule has 1 saturated carbocycles. The number of carbonyl (C=O) groups excluding carboxylic acids is 2. The Bertz CT molecular complexity index is 586. The molecule has 3 rings (SSSR count). The van der Waals surface area contributed by atoms with E-state index in [4.69, 9.17) is 10.5 Å². The molecule has 0 unspecified atom stereocenters. The summed E-state index contributed by atoms with van der Waals surface area (Å²) in [6.07, 6.45) is 5.61. The third-order valence-corrected chi connectivity index (χ3v) is 4.93. The number of rotatable bonds is 5. The van der Waals surface area contributed by atoms with Crippen LogP contribution in [0.4, 0.5) is 5.69 Å². The molecule has 1 aliphatic heterocycles. The molecule has 0 aromatic heterocycles. The van der Waals surface area contributed by atoms with E-state index in [0.29, 0.717) is 29.8 Å². The highest BCUT2D eigenvalue weighted by Gasteiger charge is 2.33. The fraction of sp³-hybridized carbons (Fsp3) is 0.556. The fourth-order valence-electron chi connectivity index (χ4n) is 3.64. The molecule has 0 spiro atoms. The first-order valence-electron chi connectivity index (χ1n) is 8.69. The van der Waals surface area contributed by atoms with Crippen molar-refractivity contribution in [3.63, 3.8) is 0 Å². The maximum Gasteiger partial charge on any atom is 0.248 e. The maximum atomic E-state index is 12.2. The highest BCUT2D eigenvalue weighted by molar-refractivity contribution is 5.94. The number of carbonyl (C=O) groups is 2. The lowest BCUT2D eigenvalue weighted by atomic mass is 9.90. The minimum absolute atomic E-state index is 0.0133. The summed E-state index contributed by atoms with van der Waals surface area (Å²) in [7, 11) is 0. The number of amides is 2. The largest absolute Gasteiger partial charge is 0.375 e. The smallest absolute Gasteiger partial charge is 0.248 e. The van der Waals surface area contributed by atoms with Crippen LogP contribution in [0.25, 0.3) is 0 Å². The normalized spacial score (nSPS) is 24.2. The summed E-state index contributed by atoms with van der Waals surface area (Å²) < 4.78 is 5.87. The minimum atomic E-state index is -0.470. The van der Waals surface area contributed by atoms with Crippen molar-refractivity contribution in [2.45, 2.75) is 44.2 Å². The molecule has 1 saturated heterocycles. The predicted octanol–water partition coefficient (Wildman–Crippen LogP) is 1.76. The molecule has 24 heavy (non-hydrogen) atoms. The van der Waals surface area contributed by atoms with Gasteiger partial charge < -0.3 is 15.8 Å². The first-order chi connectivity index (χ1) is 11.6. The Labute approximate surface area is 142 Å². The van der Waals surface area contributed by atoms with Crippen LogP contribution in [-0.4, -0.2) is 48.6 Å². The molecular weight excluding hydrogens is 306 g/mol. The van der Waals surface area contributed by atoms with Gasteiger partial charge in [-0.3, -0.25) is 14.5 Å². The van der Waals surface area contributed by atoms with Crippen LogP contribution < -0.4 is 11.1 Å². The number of benzene rings is 1. The first-order valence-corrected chi connectivity index (χ1v) is 8.69. The van der Waals surface area contributed by atoms with Crippen molar-refractivity contribution in [2.75, 3.05) is 25.0 Å². The molecular formula is C18H25N3O3. The third kappa shape index (κ3) is 4.13. The van der Waals surface area contributed by atoms with Crippen LogP contribution in [-0.2, 0) is 9.53 Å². The second kappa shape index (κ2) is 7.77. The van der Waals surface area contributed by atoms with Crippen molar-refractivity contribution in [1.82, 2.24) is 4.90 Å². The Balaban J connectivity index is 1.49. The second-order valence-corrected chi connectivity index (χ2v) is 6.54. The molecule has 2 atom stereocenters. The summed E-state index contributed by atoms with van der Waals surface area (Å²) in [5, 5.41) is 2.87. The summed E-state index contributed by atoms with van der Waals surface area (Å²) in [4.78, 5) is 25.6. The van der Waals surface area contributed by atoms with Crippen LogP contribution in [0, 0.1) is 0 Å². The lowest BCUT2D eigenvalue weighted by molar-refractivity contribution is -0.118. The minimum Gasteiger partial charge on any atom is -0.375 e. The molecule has 3 N–H and O–H groups in total. The third-order valence-electron chi connectivity index (χ3n) is 4.93. The van der Waals surface area contributed by atoms with Gasteiger partial charge in [-0.2, -0.15) is 0 Å². The summed E-state index contributed by atoms with van der Waals surface area (Å²) in [5.74, 6) is -0.483. The Morgan fingerprint density at radius 2 is 1.96 bits per heavy atom. The van der Waals surface area contributed by atoms with E-state index in [2.05, 4.69) is 10.2 Å². The maximum absolute atomic E-state index is 12.2. The Kier molecular flexibility index (Phi) is 5.48. The summed E-state index contributed by atoms with van der Waals surface area (Å²) >= 11 is 0. The van der Waals surface area contributed by atoms with E-state index < -0.39 is 5.91 Å². The number of ether oxygens (including phenoxy) is 1. The second-order valence-electron chi connectivity index (χ2n) is 6.54. The van der Waals surface area contributed by atoms with E-state index in [-0.39, 0.29) is 5.91 Å². The molecule has 2 amide bonds. The topological polar surface area (TPSA) is 84.7 Å². The van der Waals surface area contributed by atoms with Gasteiger partial charge in [0.1, 0.15) is 0 Å². The molecule has 0 bridgehead atoms. The number of anilines is 1. The van der Waals surface area contributed by atoms with Gasteiger partial charge in [0.05, 0.1) is 12.7 Å². The van der Waals surface area contributed by atoms with Crippen molar-refractivity contribution in [1.29, 1.82) is 0 Å². The van der Waals surface area contributed by atoms with E-state index in [1.807, 2.05) is 0 Å². The number of hydrogen-bond acceptors (Lipinski definition) is 4. The predicted molar refractivity (Wildman–Crippen MR) is 91.8 cm³/mol. The van der Waals surface area contributed by atoms with Gasteiger partial charge in [0.15, 0.2) is 0 Å². The number of hydrogen-bond donors (Lipinski definition) is 2. The number of nitrogens with one attached hydrogen (secondary N) is 1. The van der Waals surface area contributed by atoms with Crippen molar-refractivity contribution < 1.29 is 14.3 Å². The fourth-order valence-corrected chi connectivity index (χ4v) is 3.64. The molecule has 130 valence electrons. The van der Waals surface area contributed by atoms with Crippen LogP contribution in [0.15, 0.2) is 24.3 Å². The molecule has 2 aliphatic rings. The van der Waals surface area contributed by atoms with Gasteiger partial charge in [-0.25, -0.2) is 0 Å². The van der Waals surface area contributed by atoms with Crippen LogP contribution in [0.1, 0.15) is 42.5 Å². The van der Waals surface area contributed by atoms with Crippen molar-refractivity contribution in [3.05, 3.63) is 29.8 Å². The Morgan fingerprint density at radius 1 is 1.21 bits per heavy atom. The quantitative estimate of drug-likeness (QED) is 0.861. The van der Waals surface area contributed by atoms with Crippen LogP contribution in [0.2, 0.25) is 0 Å². The van der Waals surface area contributed by atoms with E-state index in [9.17, 15) is 9.59 Å². The summed E-state index contributed by atoms with van der Waals surface area (Å²) in [5.41, 5.74) is 6.32. The molecule has 0 radical (unpaired) electrons.